The summed E-state index contributed by atoms with van der Waals surface area (Å²) in [6.07, 6.45) is 3.40. The van der Waals surface area contributed by atoms with Gasteiger partial charge in [-0.2, -0.15) is 0 Å². The molecule has 0 spiro atoms. The van der Waals surface area contributed by atoms with Crippen molar-refractivity contribution in [1.82, 2.24) is 9.21 Å². The number of fused-ring (bicyclic) bond motifs is 1. The minimum absolute atomic E-state index is 0.0186. The molecule has 0 aliphatic carbocycles. The lowest BCUT2D eigenvalue weighted by molar-refractivity contribution is 0.157. The summed E-state index contributed by atoms with van der Waals surface area (Å²) in [5.74, 6) is 0. The summed E-state index contributed by atoms with van der Waals surface area (Å²) in [6, 6.07) is 1.30. The van der Waals surface area contributed by atoms with Crippen molar-refractivity contribution >= 4 is 37.5 Å². The molecule has 11 heteroatoms. The summed E-state index contributed by atoms with van der Waals surface area (Å²) in [6.45, 7) is 5.72. The highest BCUT2D eigenvalue weighted by molar-refractivity contribution is 7.94. The predicted molar refractivity (Wildman–Crippen MR) is 97.1 cm³/mol. The summed E-state index contributed by atoms with van der Waals surface area (Å²) in [7, 11) is -4.73. The predicted octanol–water partition coefficient (Wildman–Crippen LogP) is 0.505. The molecule has 1 aliphatic heterocycles. The molecule has 1 aromatic rings. The van der Waals surface area contributed by atoms with E-state index < -0.39 is 20.0 Å². The van der Waals surface area contributed by atoms with Crippen LogP contribution in [-0.2, 0) is 24.8 Å². The van der Waals surface area contributed by atoms with Gasteiger partial charge in [0, 0.05) is 45.1 Å². The lowest BCUT2D eigenvalue weighted by Crippen LogP contribution is -2.37. The molecule has 0 aromatic carbocycles. The molecule has 0 atom stereocenters. The Morgan fingerprint density at radius 1 is 1.48 bits per heavy atom. The highest BCUT2D eigenvalue weighted by Crippen LogP contribution is 2.37. The van der Waals surface area contributed by atoms with Crippen LogP contribution >= 0.6 is 11.3 Å². The maximum Gasteiger partial charge on any atom is 0.274 e. The Balaban J connectivity index is 2.42. The monoisotopic (exact) mass is 407 g/mol. The zero-order chi connectivity index (χ0) is 18.8. The van der Waals surface area contributed by atoms with E-state index in [1.165, 1.54) is 17.4 Å². The summed E-state index contributed by atoms with van der Waals surface area (Å²) in [5.41, 5.74) is 0.872. The van der Waals surface area contributed by atoms with E-state index in [4.69, 9.17) is 9.88 Å². The SMILES string of the molecule is C=CCN(CCOC)CC1=Cc2cc(S(N)(=O)=O)sc2S(=O)(=O)N1C. The molecule has 2 rings (SSSR count). The highest BCUT2D eigenvalue weighted by atomic mass is 32.3. The van der Waals surface area contributed by atoms with Crippen molar-refractivity contribution in [3.05, 3.63) is 30.0 Å². The molecular weight excluding hydrogens is 386 g/mol. The van der Waals surface area contributed by atoms with Gasteiger partial charge in [0.15, 0.2) is 0 Å². The Morgan fingerprint density at radius 2 is 2.16 bits per heavy atom. The quantitative estimate of drug-likeness (QED) is 0.629. The second kappa shape index (κ2) is 7.56. The number of hydrogen-bond acceptors (Lipinski definition) is 7. The number of ether oxygens (including phenoxy) is 1. The summed E-state index contributed by atoms with van der Waals surface area (Å²) < 4.78 is 54.5. The highest BCUT2D eigenvalue weighted by Gasteiger charge is 2.34. The maximum absolute atomic E-state index is 12.7. The van der Waals surface area contributed by atoms with Crippen molar-refractivity contribution in [2.24, 2.45) is 5.14 Å². The molecule has 8 nitrogen and oxygen atoms in total. The summed E-state index contributed by atoms with van der Waals surface area (Å²) >= 11 is 0.661. The van der Waals surface area contributed by atoms with Crippen molar-refractivity contribution in [3.63, 3.8) is 0 Å². The number of rotatable bonds is 8. The van der Waals surface area contributed by atoms with Crippen molar-refractivity contribution < 1.29 is 21.6 Å². The lowest BCUT2D eigenvalue weighted by atomic mass is 10.2. The third kappa shape index (κ3) is 4.30. The second-order valence-electron chi connectivity index (χ2n) is 5.48. The smallest absolute Gasteiger partial charge is 0.274 e. The maximum atomic E-state index is 12.7. The second-order valence-corrected chi connectivity index (χ2v) is 10.5. The molecule has 0 saturated carbocycles. The van der Waals surface area contributed by atoms with Crippen molar-refractivity contribution in [2.45, 2.75) is 8.42 Å². The van der Waals surface area contributed by atoms with Crippen molar-refractivity contribution in [3.8, 4) is 0 Å². The number of sulfonamides is 2. The molecule has 0 fully saturated rings. The van der Waals surface area contributed by atoms with E-state index in [0.29, 0.717) is 48.8 Å². The normalized spacial score (nSPS) is 16.6. The van der Waals surface area contributed by atoms with Gasteiger partial charge in [0.1, 0.15) is 8.42 Å². The lowest BCUT2D eigenvalue weighted by Gasteiger charge is -2.30. The first-order valence-electron chi connectivity index (χ1n) is 7.29. The summed E-state index contributed by atoms with van der Waals surface area (Å²) in [5, 5.41) is 5.12. The average molecular weight is 408 g/mol. The van der Waals surface area contributed by atoms with Crippen LogP contribution < -0.4 is 5.14 Å². The number of nitrogens with zero attached hydrogens (tertiary/aromatic N) is 2. The van der Waals surface area contributed by atoms with Gasteiger partial charge in [0.25, 0.3) is 10.0 Å². The molecule has 0 bridgehead atoms. The number of methoxy groups -OCH3 is 1. The molecule has 0 radical (unpaired) electrons. The molecule has 0 saturated heterocycles. The van der Waals surface area contributed by atoms with Crippen molar-refractivity contribution in [2.75, 3.05) is 40.4 Å². The van der Waals surface area contributed by atoms with Gasteiger partial charge >= 0.3 is 0 Å². The third-order valence-corrected chi connectivity index (χ3v) is 8.60. The fraction of sp³-hybridized carbons (Fsp3) is 0.429. The fourth-order valence-corrected chi connectivity index (χ4v) is 6.25. The summed E-state index contributed by atoms with van der Waals surface area (Å²) in [4.78, 5) is 1.98. The van der Waals surface area contributed by atoms with Gasteiger partial charge in [-0.3, -0.25) is 9.21 Å². The number of nitrogens with two attached hydrogens (primary N) is 1. The molecule has 2 heterocycles. The van der Waals surface area contributed by atoms with E-state index in [1.807, 2.05) is 4.90 Å². The minimum atomic E-state index is -3.96. The van der Waals surface area contributed by atoms with E-state index in [-0.39, 0.29) is 8.42 Å². The van der Waals surface area contributed by atoms with Gasteiger partial charge < -0.3 is 4.74 Å². The Morgan fingerprint density at radius 3 is 2.72 bits per heavy atom. The number of likely N-dealkylation sites (N-methyl/N-ethyl adjacent to an activating group) is 1. The van der Waals surface area contributed by atoms with E-state index in [0.717, 1.165) is 0 Å². The van der Waals surface area contributed by atoms with Crippen LogP contribution in [0.25, 0.3) is 6.08 Å². The van der Waals surface area contributed by atoms with Crippen LogP contribution in [0.4, 0.5) is 0 Å². The van der Waals surface area contributed by atoms with Gasteiger partial charge in [0.2, 0.25) is 10.0 Å². The topological polar surface area (TPSA) is 110 Å². The van der Waals surface area contributed by atoms with Crippen LogP contribution in [-0.4, -0.2) is 66.4 Å². The first-order chi connectivity index (χ1) is 11.6. The van der Waals surface area contributed by atoms with Gasteiger partial charge in [-0.25, -0.2) is 22.0 Å². The zero-order valence-corrected chi connectivity index (χ0v) is 16.5. The molecule has 25 heavy (non-hydrogen) atoms. The first kappa shape index (κ1) is 20.1. The fourth-order valence-electron chi connectivity index (χ4n) is 2.37. The molecule has 0 amide bonds. The Kier molecular flexibility index (Phi) is 6.07. The van der Waals surface area contributed by atoms with Crippen LogP contribution in [0.1, 0.15) is 5.56 Å². The Bertz CT molecular complexity index is 887. The molecule has 0 unspecified atom stereocenters. The van der Waals surface area contributed by atoms with Gasteiger partial charge in [-0.05, 0) is 12.1 Å². The van der Waals surface area contributed by atoms with Crippen LogP contribution in [0.15, 0.2) is 32.8 Å². The third-order valence-electron chi connectivity index (χ3n) is 3.69. The first-order valence-corrected chi connectivity index (χ1v) is 11.1. The number of hydrogen-bond donors (Lipinski definition) is 1. The largest absolute Gasteiger partial charge is 0.383 e. The van der Waals surface area contributed by atoms with E-state index in [1.54, 1.807) is 19.3 Å². The van der Waals surface area contributed by atoms with Gasteiger partial charge in [-0.1, -0.05) is 6.08 Å². The van der Waals surface area contributed by atoms with Crippen LogP contribution in [0, 0.1) is 0 Å². The van der Waals surface area contributed by atoms with Crippen LogP contribution in [0.5, 0.6) is 0 Å². The molecule has 140 valence electrons. The van der Waals surface area contributed by atoms with E-state index in [2.05, 4.69) is 6.58 Å². The molecule has 1 aliphatic rings. The zero-order valence-electron chi connectivity index (χ0n) is 14.0. The average Bonchev–Trinajstić information content (AvgIpc) is 2.95. The Hall–Kier alpha value is -1.24. The molecule has 1 aromatic heterocycles. The standard InChI is InChI=1S/C14H21N3O5S3/c1-4-5-17(6-7-22-3)10-12-8-11-9-13(24(15,18)19)23-14(11)25(20,21)16(12)2/h4,8-9H,1,5-7,10H2,2-3H3,(H2,15,18,19). The van der Waals surface area contributed by atoms with Crippen LogP contribution in [0.3, 0.4) is 0 Å². The number of thiophene rings is 1. The van der Waals surface area contributed by atoms with Crippen molar-refractivity contribution in [1.29, 1.82) is 0 Å². The van der Waals surface area contributed by atoms with Gasteiger partial charge in [0.05, 0.1) is 6.61 Å². The van der Waals surface area contributed by atoms with E-state index >= 15 is 0 Å². The van der Waals surface area contributed by atoms with Gasteiger partial charge in [-0.15, -0.1) is 17.9 Å². The van der Waals surface area contributed by atoms with E-state index in [9.17, 15) is 16.8 Å². The molecular formula is C14H21N3O5S3. The Labute approximate surface area is 152 Å². The molecule has 2 N–H and O–H groups in total. The number of primary sulfonamides is 1. The minimum Gasteiger partial charge on any atom is -0.383 e. The van der Waals surface area contributed by atoms with Crippen LogP contribution in [0.2, 0.25) is 0 Å².